The Bertz CT molecular complexity index is 1250. The molecule has 0 aliphatic carbocycles. The second kappa shape index (κ2) is 9.43. The Balaban J connectivity index is 1.68. The van der Waals surface area contributed by atoms with E-state index in [1.165, 1.54) is 11.3 Å². The lowest BCUT2D eigenvalue weighted by Crippen LogP contribution is -2.21. The molecule has 0 radical (unpaired) electrons. The number of amides is 1. The maximum atomic E-state index is 12.5. The molecule has 0 bridgehead atoms. The van der Waals surface area contributed by atoms with Crippen LogP contribution in [0.2, 0.25) is 5.02 Å². The molecule has 154 valence electrons. The number of ether oxygens (including phenoxy) is 2. The monoisotopic (exact) mass is 440 g/mol. The molecule has 1 amide bonds. The van der Waals surface area contributed by atoms with Crippen LogP contribution in [0.15, 0.2) is 65.7 Å². The van der Waals surface area contributed by atoms with E-state index in [0.717, 1.165) is 21.0 Å². The second-order valence-electron chi connectivity index (χ2n) is 6.62. The largest absolute Gasteiger partial charge is 0.484 e. The van der Waals surface area contributed by atoms with Crippen LogP contribution in [0.1, 0.15) is 6.92 Å². The van der Waals surface area contributed by atoms with Crippen LogP contribution in [0.4, 0.5) is 0 Å². The van der Waals surface area contributed by atoms with Gasteiger partial charge in [0.15, 0.2) is 11.4 Å². The molecule has 4 aromatic rings. The highest BCUT2D eigenvalue weighted by atomic mass is 35.5. The maximum Gasteiger partial charge on any atom is 0.286 e. The summed E-state index contributed by atoms with van der Waals surface area (Å²) in [5, 5.41) is 2.93. The SMILES string of the molecule is CCOCCn1c(=NC(=O)COc2ccc(Cl)cc2)sc2c3ccccc3ccc21. The molecular formula is C23H21ClN2O3S. The summed E-state index contributed by atoms with van der Waals surface area (Å²) in [7, 11) is 0. The molecule has 30 heavy (non-hydrogen) atoms. The molecule has 3 aromatic carbocycles. The van der Waals surface area contributed by atoms with Crippen LogP contribution in [-0.2, 0) is 16.1 Å². The Morgan fingerprint density at radius 1 is 1.10 bits per heavy atom. The average Bonchev–Trinajstić information content (AvgIpc) is 3.11. The van der Waals surface area contributed by atoms with Gasteiger partial charge in [-0.25, -0.2) is 0 Å². The molecule has 0 aliphatic heterocycles. The number of aromatic nitrogens is 1. The van der Waals surface area contributed by atoms with Crippen molar-refractivity contribution in [1.82, 2.24) is 4.57 Å². The number of rotatable bonds is 7. The number of fused-ring (bicyclic) bond motifs is 3. The molecule has 0 aliphatic rings. The van der Waals surface area contributed by atoms with Crippen LogP contribution < -0.4 is 9.54 Å². The fourth-order valence-corrected chi connectivity index (χ4v) is 4.55. The zero-order valence-electron chi connectivity index (χ0n) is 16.5. The van der Waals surface area contributed by atoms with Crippen LogP contribution in [0, 0.1) is 0 Å². The predicted molar refractivity (Wildman–Crippen MR) is 121 cm³/mol. The fourth-order valence-electron chi connectivity index (χ4n) is 3.22. The quantitative estimate of drug-likeness (QED) is 0.378. The smallest absolute Gasteiger partial charge is 0.286 e. The fraction of sp³-hybridized carbons (Fsp3) is 0.217. The highest BCUT2D eigenvalue weighted by Gasteiger charge is 2.11. The summed E-state index contributed by atoms with van der Waals surface area (Å²) in [5.74, 6) is 0.237. The highest BCUT2D eigenvalue weighted by molar-refractivity contribution is 7.17. The van der Waals surface area contributed by atoms with Gasteiger partial charge in [0.1, 0.15) is 5.75 Å². The first-order valence-electron chi connectivity index (χ1n) is 9.70. The van der Waals surface area contributed by atoms with Crippen molar-refractivity contribution < 1.29 is 14.3 Å². The Hall–Kier alpha value is -2.67. The number of nitrogens with zero attached hydrogens (tertiary/aromatic N) is 2. The minimum atomic E-state index is -0.342. The lowest BCUT2D eigenvalue weighted by molar-refractivity contribution is -0.120. The van der Waals surface area contributed by atoms with Crippen molar-refractivity contribution in [1.29, 1.82) is 0 Å². The first kappa shape index (κ1) is 20.6. The molecule has 0 atom stereocenters. The average molecular weight is 441 g/mol. The number of benzene rings is 3. The van der Waals surface area contributed by atoms with Gasteiger partial charge < -0.3 is 14.0 Å². The van der Waals surface area contributed by atoms with Crippen LogP contribution in [-0.4, -0.2) is 30.3 Å². The van der Waals surface area contributed by atoms with Crippen molar-refractivity contribution in [3.05, 3.63) is 70.5 Å². The maximum absolute atomic E-state index is 12.5. The van der Waals surface area contributed by atoms with Gasteiger partial charge in [0.25, 0.3) is 5.91 Å². The van der Waals surface area contributed by atoms with Gasteiger partial charge in [-0.15, -0.1) is 0 Å². The summed E-state index contributed by atoms with van der Waals surface area (Å²) in [6.45, 7) is 3.65. The number of hydrogen-bond donors (Lipinski definition) is 0. The summed E-state index contributed by atoms with van der Waals surface area (Å²) in [6.07, 6.45) is 0. The first-order chi connectivity index (χ1) is 14.7. The van der Waals surface area contributed by atoms with Gasteiger partial charge in [0.05, 0.1) is 16.8 Å². The van der Waals surface area contributed by atoms with E-state index in [2.05, 4.69) is 29.3 Å². The van der Waals surface area contributed by atoms with Crippen LogP contribution in [0.3, 0.4) is 0 Å². The molecule has 1 heterocycles. The van der Waals surface area contributed by atoms with E-state index in [1.54, 1.807) is 24.3 Å². The van der Waals surface area contributed by atoms with E-state index in [0.29, 0.717) is 35.3 Å². The predicted octanol–water partition coefficient (Wildman–Crippen LogP) is 5.05. The zero-order chi connectivity index (χ0) is 20.9. The Labute approximate surface area is 183 Å². The number of hydrogen-bond acceptors (Lipinski definition) is 4. The van der Waals surface area contributed by atoms with Gasteiger partial charge in [-0.3, -0.25) is 4.79 Å². The first-order valence-corrected chi connectivity index (χ1v) is 10.9. The Kier molecular flexibility index (Phi) is 6.47. The third-order valence-electron chi connectivity index (χ3n) is 4.63. The summed E-state index contributed by atoms with van der Waals surface area (Å²) < 4.78 is 14.2. The van der Waals surface area contributed by atoms with Gasteiger partial charge >= 0.3 is 0 Å². The minimum absolute atomic E-state index is 0.137. The van der Waals surface area contributed by atoms with Gasteiger partial charge in [-0.05, 0) is 42.6 Å². The van der Waals surface area contributed by atoms with E-state index in [-0.39, 0.29) is 12.5 Å². The summed E-state index contributed by atoms with van der Waals surface area (Å²) >= 11 is 7.39. The third-order valence-corrected chi connectivity index (χ3v) is 6.01. The van der Waals surface area contributed by atoms with Gasteiger partial charge in [-0.1, -0.05) is 53.3 Å². The van der Waals surface area contributed by atoms with Crippen molar-refractivity contribution in [2.24, 2.45) is 4.99 Å². The summed E-state index contributed by atoms with van der Waals surface area (Å²) in [4.78, 5) is 17.5. The van der Waals surface area contributed by atoms with Crippen LogP contribution in [0.25, 0.3) is 21.0 Å². The van der Waals surface area contributed by atoms with Crippen LogP contribution in [0.5, 0.6) is 5.75 Å². The van der Waals surface area contributed by atoms with Crippen molar-refractivity contribution in [3.8, 4) is 5.75 Å². The molecule has 0 saturated heterocycles. The van der Waals surface area contributed by atoms with E-state index in [1.807, 2.05) is 23.6 Å². The van der Waals surface area contributed by atoms with Gasteiger partial charge in [0, 0.05) is 23.6 Å². The molecular weight excluding hydrogens is 420 g/mol. The third kappa shape index (κ3) is 4.56. The number of carbonyl (C=O) groups is 1. The molecule has 7 heteroatoms. The minimum Gasteiger partial charge on any atom is -0.484 e. The van der Waals surface area contributed by atoms with E-state index in [9.17, 15) is 4.79 Å². The zero-order valence-corrected chi connectivity index (χ0v) is 18.1. The summed E-state index contributed by atoms with van der Waals surface area (Å²) in [5.41, 5.74) is 1.04. The van der Waals surface area contributed by atoms with Crippen molar-refractivity contribution in [2.45, 2.75) is 13.5 Å². The van der Waals surface area contributed by atoms with Gasteiger partial charge in [0.2, 0.25) is 0 Å². The topological polar surface area (TPSA) is 52.8 Å². The van der Waals surface area contributed by atoms with E-state index in [4.69, 9.17) is 21.1 Å². The Morgan fingerprint density at radius 2 is 1.90 bits per heavy atom. The van der Waals surface area contributed by atoms with Crippen molar-refractivity contribution in [2.75, 3.05) is 19.8 Å². The highest BCUT2D eigenvalue weighted by Crippen LogP contribution is 2.27. The molecule has 0 saturated carbocycles. The van der Waals surface area contributed by atoms with Gasteiger partial charge in [-0.2, -0.15) is 4.99 Å². The number of thiazole rings is 1. The molecule has 5 nitrogen and oxygen atoms in total. The van der Waals surface area contributed by atoms with E-state index < -0.39 is 0 Å². The summed E-state index contributed by atoms with van der Waals surface area (Å²) in [6, 6.07) is 19.3. The number of carbonyl (C=O) groups excluding carboxylic acids is 1. The van der Waals surface area contributed by atoms with E-state index >= 15 is 0 Å². The van der Waals surface area contributed by atoms with Crippen molar-refractivity contribution >= 4 is 49.8 Å². The lowest BCUT2D eigenvalue weighted by atomic mass is 10.1. The molecule has 0 spiro atoms. The second-order valence-corrected chi connectivity index (χ2v) is 8.03. The molecule has 0 unspecified atom stereocenters. The van der Waals surface area contributed by atoms with Crippen molar-refractivity contribution in [3.63, 3.8) is 0 Å². The molecule has 0 fully saturated rings. The standard InChI is InChI=1S/C23H21ClN2O3S/c1-2-28-14-13-26-20-12-7-16-5-3-4-6-19(16)22(20)30-23(26)25-21(27)15-29-18-10-8-17(24)9-11-18/h3-12H,2,13-15H2,1H3. The molecule has 4 rings (SSSR count). The lowest BCUT2D eigenvalue weighted by Gasteiger charge is -2.06. The van der Waals surface area contributed by atoms with Crippen LogP contribution >= 0.6 is 22.9 Å². The Morgan fingerprint density at radius 3 is 2.70 bits per heavy atom. The molecule has 0 N–H and O–H groups in total. The normalized spacial score (nSPS) is 12.0. The number of halogens is 1. The molecule has 1 aromatic heterocycles.